The van der Waals surface area contributed by atoms with E-state index in [4.69, 9.17) is 4.74 Å². The van der Waals surface area contributed by atoms with Gasteiger partial charge in [0.05, 0.1) is 6.61 Å². The molecule has 0 bridgehead atoms. The quantitative estimate of drug-likeness (QED) is 0.445. The molecule has 0 amide bonds. The zero-order valence-electron chi connectivity index (χ0n) is 10.1. The molecular formula is C11H19NO5. The van der Waals surface area contributed by atoms with Gasteiger partial charge in [-0.2, -0.15) is 0 Å². The molecule has 0 unspecified atom stereocenters. The summed E-state index contributed by atoms with van der Waals surface area (Å²) in [4.78, 5) is 21.7. The van der Waals surface area contributed by atoms with Gasteiger partial charge >= 0.3 is 5.97 Å². The minimum atomic E-state index is -1.96. The molecule has 1 atom stereocenters. The summed E-state index contributed by atoms with van der Waals surface area (Å²) in [6.07, 6.45) is 4.12. The van der Waals surface area contributed by atoms with Crippen LogP contribution in [0.4, 0.5) is 0 Å². The van der Waals surface area contributed by atoms with Crippen LogP contribution in [0.25, 0.3) is 0 Å². The van der Waals surface area contributed by atoms with Crippen LogP contribution in [0.1, 0.15) is 39.0 Å². The van der Waals surface area contributed by atoms with E-state index < -0.39 is 23.0 Å². The second kappa shape index (κ2) is 5.95. The van der Waals surface area contributed by atoms with E-state index in [9.17, 15) is 20.0 Å². The summed E-state index contributed by atoms with van der Waals surface area (Å²) in [5, 5.41) is 20.9. The van der Waals surface area contributed by atoms with Gasteiger partial charge in [0, 0.05) is 10.8 Å². The Morgan fingerprint density at radius 2 is 2.06 bits per heavy atom. The maximum absolute atomic E-state index is 11.7. The number of aliphatic hydroxyl groups is 1. The zero-order chi connectivity index (χ0) is 12.9. The van der Waals surface area contributed by atoms with E-state index in [0.29, 0.717) is 12.8 Å². The van der Waals surface area contributed by atoms with E-state index in [1.165, 1.54) is 0 Å². The summed E-state index contributed by atoms with van der Waals surface area (Å²) in [7, 11) is 0. The van der Waals surface area contributed by atoms with Crippen molar-refractivity contribution in [1.82, 2.24) is 0 Å². The first kappa shape index (κ1) is 13.9. The van der Waals surface area contributed by atoms with Crippen molar-refractivity contribution >= 4 is 5.97 Å². The van der Waals surface area contributed by atoms with Crippen molar-refractivity contribution < 1.29 is 19.6 Å². The monoisotopic (exact) mass is 245 g/mol. The van der Waals surface area contributed by atoms with Gasteiger partial charge in [-0.25, -0.2) is 4.79 Å². The third kappa shape index (κ3) is 3.39. The minimum Gasteiger partial charge on any atom is -0.464 e. The van der Waals surface area contributed by atoms with Crippen LogP contribution in [-0.4, -0.2) is 34.8 Å². The largest absolute Gasteiger partial charge is 0.464 e. The molecule has 98 valence electrons. The van der Waals surface area contributed by atoms with Crippen LogP contribution in [0, 0.1) is 16.0 Å². The van der Waals surface area contributed by atoms with Crippen molar-refractivity contribution in [2.24, 2.45) is 5.92 Å². The Labute approximate surface area is 100 Å². The molecule has 1 rings (SSSR count). The van der Waals surface area contributed by atoms with Crippen molar-refractivity contribution in [2.75, 3.05) is 13.2 Å². The Balaban J connectivity index is 2.82. The first-order valence-corrected chi connectivity index (χ1v) is 6.02. The lowest BCUT2D eigenvalue weighted by molar-refractivity contribution is -0.500. The maximum atomic E-state index is 11.7. The van der Waals surface area contributed by atoms with Gasteiger partial charge in [-0.3, -0.25) is 10.1 Å². The van der Waals surface area contributed by atoms with Gasteiger partial charge in [0.25, 0.3) is 0 Å². The topological polar surface area (TPSA) is 89.7 Å². The number of nitro groups is 1. The Morgan fingerprint density at radius 1 is 1.47 bits per heavy atom. The lowest BCUT2D eigenvalue weighted by Gasteiger charge is -2.33. The van der Waals surface area contributed by atoms with Gasteiger partial charge in [0.1, 0.15) is 0 Å². The highest BCUT2D eigenvalue weighted by molar-refractivity contribution is 5.79. The average molecular weight is 245 g/mol. The van der Waals surface area contributed by atoms with Crippen LogP contribution in [0.5, 0.6) is 0 Å². The summed E-state index contributed by atoms with van der Waals surface area (Å²) in [5.74, 6) is -1.22. The van der Waals surface area contributed by atoms with Gasteiger partial charge < -0.3 is 9.84 Å². The summed E-state index contributed by atoms with van der Waals surface area (Å²) < 4.78 is 4.77. The first-order valence-electron chi connectivity index (χ1n) is 6.02. The molecule has 1 aliphatic carbocycles. The number of carbonyl (C=O) groups excluding carboxylic acids is 1. The predicted octanol–water partition coefficient (Wildman–Crippen LogP) is 1.14. The standard InChI is InChI=1S/C11H19NO5/c1-2-17-10(13)11(14,8-12(15)16)9-6-4-3-5-7-9/h9,14H,2-8H2,1H3/t11-/m0/s1. The van der Waals surface area contributed by atoms with Crippen LogP contribution in [0.3, 0.4) is 0 Å². The summed E-state index contributed by atoms with van der Waals surface area (Å²) in [5.41, 5.74) is -1.96. The maximum Gasteiger partial charge on any atom is 0.345 e. The molecule has 0 aromatic rings. The lowest BCUT2D eigenvalue weighted by atomic mass is 9.77. The average Bonchev–Trinajstić information content (AvgIpc) is 2.29. The summed E-state index contributed by atoms with van der Waals surface area (Å²) >= 11 is 0. The molecular weight excluding hydrogens is 226 g/mol. The molecule has 6 nitrogen and oxygen atoms in total. The fourth-order valence-electron chi connectivity index (χ4n) is 2.39. The molecule has 0 aromatic carbocycles. The van der Waals surface area contributed by atoms with Crippen molar-refractivity contribution in [3.05, 3.63) is 10.1 Å². The van der Waals surface area contributed by atoms with Crippen LogP contribution in [0.15, 0.2) is 0 Å². The highest BCUT2D eigenvalue weighted by atomic mass is 16.6. The number of carbonyl (C=O) groups is 1. The zero-order valence-corrected chi connectivity index (χ0v) is 10.1. The highest BCUT2D eigenvalue weighted by Gasteiger charge is 2.49. The normalized spacial score (nSPS) is 20.6. The second-order valence-electron chi connectivity index (χ2n) is 4.47. The van der Waals surface area contributed by atoms with Crippen molar-refractivity contribution in [3.63, 3.8) is 0 Å². The molecule has 1 fully saturated rings. The lowest BCUT2D eigenvalue weighted by Crippen LogP contribution is -2.52. The minimum absolute atomic E-state index is 0.117. The number of hydrogen-bond donors (Lipinski definition) is 1. The third-order valence-electron chi connectivity index (χ3n) is 3.28. The number of ether oxygens (including phenoxy) is 1. The Kier molecular flexibility index (Phi) is 4.86. The molecule has 1 saturated carbocycles. The van der Waals surface area contributed by atoms with Gasteiger partial charge in [-0.05, 0) is 19.8 Å². The number of nitrogens with zero attached hydrogens (tertiary/aromatic N) is 1. The summed E-state index contributed by atoms with van der Waals surface area (Å²) in [6.45, 7) is 0.966. The smallest absolute Gasteiger partial charge is 0.345 e. The van der Waals surface area contributed by atoms with Crippen LogP contribution < -0.4 is 0 Å². The fourth-order valence-corrected chi connectivity index (χ4v) is 2.39. The Hall–Kier alpha value is -1.17. The molecule has 0 spiro atoms. The molecule has 0 radical (unpaired) electrons. The van der Waals surface area contributed by atoms with E-state index in [-0.39, 0.29) is 12.5 Å². The number of esters is 1. The van der Waals surface area contributed by atoms with E-state index in [0.717, 1.165) is 19.3 Å². The third-order valence-corrected chi connectivity index (χ3v) is 3.28. The molecule has 1 aliphatic rings. The van der Waals surface area contributed by atoms with E-state index >= 15 is 0 Å². The van der Waals surface area contributed by atoms with Crippen molar-refractivity contribution in [1.29, 1.82) is 0 Å². The number of hydrogen-bond acceptors (Lipinski definition) is 5. The first-order chi connectivity index (χ1) is 8.00. The van der Waals surface area contributed by atoms with E-state index in [2.05, 4.69) is 0 Å². The van der Waals surface area contributed by atoms with E-state index in [1.54, 1.807) is 6.92 Å². The van der Waals surface area contributed by atoms with Gasteiger partial charge in [0.15, 0.2) is 0 Å². The molecule has 0 saturated heterocycles. The van der Waals surface area contributed by atoms with Crippen LogP contribution in [-0.2, 0) is 9.53 Å². The second-order valence-corrected chi connectivity index (χ2v) is 4.47. The fraction of sp³-hybridized carbons (Fsp3) is 0.909. The molecule has 17 heavy (non-hydrogen) atoms. The van der Waals surface area contributed by atoms with Gasteiger partial charge in [-0.15, -0.1) is 0 Å². The predicted molar refractivity (Wildman–Crippen MR) is 60.0 cm³/mol. The SMILES string of the molecule is CCOC(=O)[C@](O)(C[N+](=O)[O-])C1CCCCC1. The van der Waals surface area contributed by atoms with Crippen LogP contribution in [0.2, 0.25) is 0 Å². The molecule has 0 aromatic heterocycles. The molecule has 0 heterocycles. The summed E-state index contributed by atoms with van der Waals surface area (Å²) in [6, 6.07) is 0. The van der Waals surface area contributed by atoms with Crippen LogP contribution >= 0.6 is 0 Å². The Bertz CT molecular complexity index is 288. The van der Waals surface area contributed by atoms with Gasteiger partial charge in [0.2, 0.25) is 12.1 Å². The highest BCUT2D eigenvalue weighted by Crippen LogP contribution is 2.33. The molecule has 0 aliphatic heterocycles. The molecule has 6 heteroatoms. The van der Waals surface area contributed by atoms with Crippen molar-refractivity contribution in [2.45, 2.75) is 44.6 Å². The van der Waals surface area contributed by atoms with Crippen molar-refractivity contribution in [3.8, 4) is 0 Å². The Morgan fingerprint density at radius 3 is 2.53 bits per heavy atom. The van der Waals surface area contributed by atoms with E-state index in [1.807, 2.05) is 0 Å². The molecule has 1 N–H and O–H groups in total. The van der Waals surface area contributed by atoms with Gasteiger partial charge in [-0.1, -0.05) is 19.3 Å². The number of rotatable bonds is 5.